The Morgan fingerprint density at radius 1 is 1.14 bits per heavy atom. The molecule has 0 fully saturated rings. The first-order valence-corrected chi connectivity index (χ1v) is 6.63. The fourth-order valence-corrected chi connectivity index (χ4v) is 2.10. The van der Waals surface area contributed by atoms with Crippen molar-refractivity contribution in [2.75, 3.05) is 5.32 Å². The standard InChI is InChI=1S/C15H11ClN4O/c16-14-9-11(4-6-17-14)15(21)19-12-3-1-2-10(8-12)13-5-7-18-20-13/h1-9H,(H,18,20)(H,19,21). The molecular weight excluding hydrogens is 288 g/mol. The lowest BCUT2D eigenvalue weighted by atomic mass is 10.1. The van der Waals surface area contributed by atoms with Gasteiger partial charge in [0.05, 0.1) is 5.69 Å². The van der Waals surface area contributed by atoms with Gasteiger partial charge in [-0.2, -0.15) is 5.10 Å². The Morgan fingerprint density at radius 2 is 2.05 bits per heavy atom. The molecule has 0 aliphatic rings. The molecule has 0 bridgehead atoms. The van der Waals surface area contributed by atoms with Gasteiger partial charge in [-0.05, 0) is 30.3 Å². The van der Waals surface area contributed by atoms with Gasteiger partial charge >= 0.3 is 0 Å². The van der Waals surface area contributed by atoms with Gasteiger partial charge in [0.25, 0.3) is 5.91 Å². The van der Waals surface area contributed by atoms with E-state index in [9.17, 15) is 4.79 Å². The number of aromatic amines is 1. The number of carbonyl (C=O) groups is 1. The maximum absolute atomic E-state index is 12.1. The summed E-state index contributed by atoms with van der Waals surface area (Å²) in [6.07, 6.45) is 3.18. The van der Waals surface area contributed by atoms with Crippen LogP contribution in [0.5, 0.6) is 0 Å². The van der Waals surface area contributed by atoms with Crippen molar-refractivity contribution in [2.24, 2.45) is 0 Å². The van der Waals surface area contributed by atoms with Crippen molar-refractivity contribution in [3.63, 3.8) is 0 Å². The van der Waals surface area contributed by atoms with Crippen molar-refractivity contribution in [1.29, 1.82) is 0 Å². The van der Waals surface area contributed by atoms with Gasteiger partial charge in [0.15, 0.2) is 0 Å². The second kappa shape index (κ2) is 5.76. The summed E-state index contributed by atoms with van der Waals surface area (Å²) in [7, 11) is 0. The Balaban J connectivity index is 1.82. The highest BCUT2D eigenvalue weighted by Gasteiger charge is 2.08. The molecule has 104 valence electrons. The summed E-state index contributed by atoms with van der Waals surface area (Å²) in [5.41, 5.74) is 2.98. The third-order valence-electron chi connectivity index (χ3n) is 2.92. The SMILES string of the molecule is O=C(Nc1cccc(-c2ccn[nH]2)c1)c1ccnc(Cl)c1. The summed E-state index contributed by atoms with van der Waals surface area (Å²) < 4.78 is 0. The van der Waals surface area contributed by atoms with E-state index in [4.69, 9.17) is 11.6 Å². The molecule has 1 amide bonds. The van der Waals surface area contributed by atoms with Crippen LogP contribution in [-0.2, 0) is 0 Å². The summed E-state index contributed by atoms with van der Waals surface area (Å²) >= 11 is 5.78. The number of hydrogen-bond donors (Lipinski definition) is 2. The Kier molecular flexibility index (Phi) is 3.66. The molecular formula is C15H11ClN4O. The number of aromatic nitrogens is 3. The zero-order valence-electron chi connectivity index (χ0n) is 10.9. The average Bonchev–Trinajstić information content (AvgIpc) is 3.02. The number of hydrogen-bond acceptors (Lipinski definition) is 3. The Labute approximate surface area is 126 Å². The summed E-state index contributed by atoms with van der Waals surface area (Å²) in [5.74, 6) is -0.235. The molecule has 0 saturated carbocycles. The second-order valence-electron chi connectivity index (χ2n) is 4.37. The lowest BCUT2D eigenvalue weighted by molar-refractivity contribution is 0.102. The summed E-state index contributed by atoms with van der Waals surface area (Å²) in [6.45, 7) is 0. The Morgan fingerprint density at radius 3 is 2.81 bits per heavy atom. The Hall–Kier alpha value is -2.66. The molecule has 0 atom stereocenters. The summed E-state index contributed by atoms with van der Waals surface area (Å²) in [6, 6.07) is 12.5. The van der Waals surface area contributed by atoms with Crippen LogP contribution in [0.2, 0.25) is 5.15 Å². The van der Waals surface area contributed by atoms with E-state index in [-0.39, 0.29) is 11.1 Å². The van der Waals surface area contributed by atoms with Crippen LogP contribution in [0.1, 0.15) is 10.4 Å². The highest BCUT2D eigenvalue weighted by atomic mass is 35.5. The van der Waals surface area contributed by atoms with E-state index >= 15 is 0 Å². The molecule has 2 N–H and O–H groups in total. The number of amides is 1. The highest BCUT2D eigenvalue weighted by molar-refractivity contribution is 6.29. The van der Waals surface area contributed by atoms with Gasteiger partial charge in [0, 0.05) is 29.2 Å². The van der Waals surface area contributed by atoms with Gasteiger partial charge in [-0.25, -0.2) is 4.98 Å². The molecule has 2 aromatic heterocycles. The molecule has 5 nitrogen and oxygen atoms in total. The summed E-state index contributed by atoms with van der Waals surface area (Å²) in [5, 5.41) is 9.91. The van der Waals surface area contributed by atoms with Crippen molar-refractivity contribution in [1.82, 2.24) is 15.2 Å². The molecule has 3 rings (SSSR count). The first kappa shape index (κ1) is 13.3. The quantitative estimate of drug-likeness (QED) is 0.728. The van der Waals surface area contributed by atoms with Crippen LogP contribution in [0.25, 0.3) is 11.3 Å². The molecule has 0 radical (unpaired) electrons. The average molecular weight is 299 g/mol. The van der Waals surface area contributed by atoms with Crippen LogP contribution in [-0.4, -0.2) is 21.1 Å². The van der Waals surface area contributed by atoms with Crippen molar-refractivity contribution >= 4 is 23.2 Å². The fourth-order valence-electron chi connectivity index (χ4n) is 1.93. The van der Waals surface area contributed by atoms with E-state index in [2.05, 4.69) is 20.5 Å². The number of benzene rings is 1. The predicted molar refractivity (Wildman–Crippen MR) is 81.2 cm³/mol. The molecule has 1 aromatic carbocycles. The first-order valence-electron chi connectivity index (χ1n) is 6.25. The molecule has 0 saturated heterocycles. The van der Waals surface area contributed by atoms with Crippen LogP contribution >= 0.6 is 11.6 Å². The zero-order chi connectivity index (χ0) is 14.7. The molecule has 0 aliphatic carbocycles. The van der Waals surface area contributed by atoms with Crippen LogP contribution in [0.3, 0.4) is 0 Å². The van der Waals surface area contributed by atoms with Gasteiger partial charge in [-0.15, -0.1) is 0 Å². The minimum atomic E-state index is -0.235. The topological polar surface area (TPSA) is 70.7 Å². The fraction of sp³-hybridized carbons (Fsp3) is 0. The lowest BCUT2D eigenvalue weighted by Crippen LogP contribution is -2.11. The van der Waals surface area contributed by atoms with Crippen LogP contribution in [0, 0.1) is 0 Å². The number of anilines is 1. The largest absolute Gasteiger partial charge is 0.322 e. The van der Waals surface area contributed by atoms with Gasteiger partial charge < -0.3 is 5.32 Å². The van der Waals surface area contributed by atoms with E-state index in [0.717, 1.165) is 11.3 Å². The van der Waals surface area contributed by atoms with E-state index in [0.29, 0.717) is 11.3 Å². The Bertz CT molecular complexity index is 771. The molecule has 6 heteroatoms. The van der Waals surface area contributed by atoms with E-state index < -0.39 is 0 Å². The predicted octanol–water partition coefficient (Wildman–Crippen LogP) is 3.38. The molecule has 0 unspecified atom stereocenters. The number of nitrogens with zero attached hydrogens (tertiary/aromatic N) is 2. The number of rotatable bonds is 3. The minimum absolute atomic E-state index is 0.235. The zero-order valence-corrected chi connectivity index (χ0v) is 11.6. The minimum Gasteiger partial charge on any atom is -0.322 e. The van der Waals surface area contributed by atoms with Crippen LogP contribution in [0.15, 0.2) is 54.9 Å². The number of H-pyrrole nitrogens is 1. The van der Waals surface area contributed by atoms with E-state index in [1.807, 2.05) is 30.3 Å². The molecule has 21 heavy (non-hydrogen) atoms. The van der Waals surface area contributed by atoms with Crippen LogP contribution < -0.4 is 5.32 Å². The smallest absolute Gasteiger partial charge is 0.255 e. The van der Waals surface area contributed by atoms with Crippen molar-refractivity contribution in [3.05, 3.63) is 65.6 Å². The second-order valence-corrected chi connectivity index (χ2v) is 4.76. The molecule has 0 spiro atoms. The van der Waals surface area contributed by atoms with Gasteiger partial charge in [-0.3, -0.25) is 9.89 Å². The molecule has 3 aromatic rings. The molecule has 2 heterocycles. The lowest BCUT2D eigenvalue weighted by Gasteiger charge is -2.07. The molecule has 0 aliphatic heterocycles. The number of halogens is 1. The van der Waals surface area contributed by atoms with Gasteiger partial charge in [0.1, 0.15) is 5.15 Å². The number of pyridine rings is 1. The van der Waals surface area contributed by atoms with Crippen molar-refractivity contribution < 1.29 is 4.79 Å². The van der Waals surface area contributed by atoms with Crippen LogP contribution in [0.4, 0.5) is 5.69 Å². The maximum atomic E-state index is 12.1. The van der Waals surface area contributed by atoms with Crippen molar-refractivity contribution in [2.45, 2.75) is 0 Å². The normalized spacial score (nSPS) is 10.3. The monoisotopic (exact) mass is 298 g/mol. The van der Waals surface area contributed by atoms with Crippen molar-refractivity contribution in [3.8, 4) is 11.3 Å². The highest BCUT2D eigenvalue weighted by Crippen LogP contribution is 2.21. The number of carbonyl (C=O) groups excluding carboxylic acids is 1. The summed E-state index contributed by atoms with van der Waals surface area (Å²) in [4.78, 5) is 16.0. The third kappa shape index (κ3) is 3.09. The first-order chi connectivity index (χ1) is 10.2. The maximum Gasteiger partial charge on any atom is 0.255 e. The van der Waals surface area contributed by atoms with E-state index in [1.165, 1.54) is 12.3 Å². The number of nitrogens with one attached hydrogen (secondary N) is 2. The third-order valence-corrected chi connectivity index (χ3v) is 3.13. The van der Waals surface area contributed by atoms with Gasteiger partial charge in [0.2, 0.25) is 0 Å². The van der Waals surface area contributed by atoms with Gasteiger partial charge in [-0.1, -0.05) is 23.7 Å². The van der Waals surface area contributed by atoms with E-state index in [1.54, 1.807) is 12.3 Å².